The summed E-state index contributed by atoms with van der Waals surface area (Å²) in [6.45, 7) is 0. The highest BCUT2D eigenvalue weighted by molar-refractivity contribution is 7.19. The van der Waals surface area contributed by atoms with Crippen molar-refractivity contribution < 1.29 is 9.90 Å². The molecule has 1 N–H and O–H groups in total. The Balaban J connectivity index is 1.84. The molecule has 128 valence electrons. The molecule has 0 spiro atoms. The van der Waals surface area contributed by atoms with E-state index in [9.17, 15) is 4.79 Å². The molecule has 0 radical (unpaired) electrons. The van der Waals surface area contributed by atoms with Crippen molar-refractivity contribution in [3.63, 3.8) is 0 Å². The molecule has 0 bridgehead atoms. The third-order valence-corrected chi connectivity index (χ3v) is 5.44. The fourth-order valence-corrected chi connectivity index (χ4v) is 4.07. The van der Waals surface area contributed by atoms with Crippen LogP contribution in [0.5, 0.6) is 0 Å². The molecule has 4 heteroatoms. The molecule has 26 heavy (non-hydrogen) atoms. The van der Waals surface area contributed by atoms with Gasteiger partial charge in [0.05, 0.1) is 10.2 Å². The maximum atomic E-state index is 11.1. The van der Waals surface area contributed by atoms with E-state index in [-0.39, 0.29) is 6.42 Å². The van der Waals surface area contributed by atoms with E-state index < -0.39 is 5.97 Å². The van der Waals surface area contributed by atoms with Crippen LogP contribution in [0.2, 0.25) is 0 Å². The highest BCUT2D eigenvalue weighted by atomic mass is 32.1. The summed E-state index contributed by atoms with van der Waals surface area (Å²) in [4.78, 5) is 15.9. The first-order valence-electron chi connectivity index (χ1n) is 8.47. The predicted octanol–water partition coefficient (Wildman–Crippen LogP) is 5.85. The summed E-state index contributed by atoms with van der Waals surface area (Å²) in [5, 5.41) is 12.4. The number of benzene rings is 3. The Morgan fingerprint density at radius 3 is 2.58 bits per heavy atom. The molecule has 0 aliphatic carbocycles. The lowest BCUT2D eigenvalue weighted by Crippen LogP contribution is -1.95. The zero-order valence-corrected chi connectivity index (χ0v) is 14.9. The summed E-state index contributed by atoms with van der Waals surface area (Å²) < 4.78 is 1.11. The topological polar surface area (TPSA) is 50.2 Å². The van der Waals surface area contributed by atoms with Crippen molar-refractivity contribution in [3.8, 4) is 0 Å². The molecule has 1 heterocycles. The van der Waals surface area contributed by atoms with Crippen LogP contribution in [0.15, 0.2) is 66.7 Å². The van der Waals surface area contributed by atoms with Gasteiger partial charge in [-0.3, -0.25) is 4.79 Å². The molecule has 0 fully saturated rings. The highest BCUT2D eigenvalue weighted by Crippen LogP contribution is 2.32. The number of hydrogen-bond donors (Lipinski definition) is 1. The molecule has 0 aliphatic rings. The number of carboxylic acid groups (broad SMARTS) is 1. The van der Waals surface area contributed by atoms with Crippen LogP contribution >= 0.6 is 11.3 Å². The molecule has 0 saturated heterocycles. The smallest absolute Gasteiger partial charge is 0.303 e. The van der Waals surface area contributed by atoms with Gasteiger partial charge in [0.25, 0.3) is 0 Å². The maximum absolute atomic E-state index is 11.1. The SMILES string of the molecule is O=C(O)CCC(=Cc1cccc2ccccc12)c1nc2ccccc2s1. The molecular weight excluding hydrogens is 342 g/mol. The number of thiazole rings is 1. The number of aromatic nitrogens is 1. The van der Waals surface area contributed by atoms with E-state index in [0.29, 0.717) is 6.42 Å². The molecule has 0 saturated carbocycles. The Bertz CT molecular complexity index is 1090. The first-order valence-corrected chi connectivity index (χ1v) is 9.28. The lowest BCUT2D eigenvalue weighted by molar-refractivity contribution is -0.136. The van der Waals surface area contributed by atoms with Gasteiger partial charge in [-0.05, 0) is 46.5 Å². The van der Waals surface area contributed by atoms with E-state index in [1.807, 2.05) is 42.5 Å². The van der Waals surface area contributed by atoms with Gasteiger partial charge in [0.15, 0.2) is 0 Å². The van der Waals surface area contributed by atoms with Crippen LogP contribution in [0.3, 0.4) is 0 Å². The average molecular weight is 359 g/mol. The second kappa shape index (κ2) is 7.10. The Morgan fingerprint density at radius 1 is 0.962 bits per heavy atom. The van der Waals surface area contributed by atoms with Crippen molar-refractivity contribution in [2.45, 2.75) is 12.8 Å². The number of nitrogens with zero attached hydrogens (tertiary/aromatic N) is 1. The Kier molecular flexibility index (Phi) is 4.50. The third-order valence-electron chi connectivity index (χ3n) is 4.33. The number of allylic oxidation sites excluding steroid dienone is 1. The summed E-state index contributed by atoms with van der Waals surface area (Å²) in [6.07, 6.45) is 2.63. The monoisotopic (exact) mass is 359 g/mol. The van der Waals surface area contributed by atoms with Gasteiger partial charge < -0.3 is 5.11 Å². The van der Waals surface area contributed by atoms with Crippen molar-refractivity contribution in [3.05, 3.63) is 77.3 Å². The van der Waals surface area contributed by atoms with E-state index in [1.54, 1.807) is 11.3 Å². The van der Waals surface area contributed by atoms with Gasteiger partial charge in [-0.15, -0.1) is 11.3 Å². The summed E-state index contributed by atoms with van der Waals surface area (Å²) >= 11 is 1.61. The number of para-hydroxylation sites is 1. The lowest BCUT2D eigenvalue weighted by Gasteiger charge is -2.06. The van der Waals surface area contributed by atoms with Crippen molar-refractivity contribution in [1.82, 2.24) is 4.98 Å². The van der Waals surface area contributed by atoms with Gasteiger partial charge in [0, 0.05) is 6.42 Å². The number of fused-ring (bicyclic) bond motifs is 2. The maximum Gasteiger partial charge on any atom is 0.303 e. The van der Waals surface area contributed by atoms with Gasteiger partial charge >= 0.3 is 5.97 Å². The molecule has 0 amide bonds. The van der Waals surface area contributed by atoms with Crippen molar-refractivity contribution >= 4 is 49.9 Å². The van der Waals surface area contributed by atoms with Crippen molar-refractivity contribution in [2.75, 3.05) is 0 Å². The van der Waals surface area contributed by atoms with Gasteiger partial charge in [-0.2, -0.15) is 0 Å². The largest absolute Gasteiger partial charge is 0.481 e. The van der Waals surface area contributed by atoms with Crippen LogP contribution in [-0.2, 0) is 4.79 Å². The predicted molar refractivity (Wildman–Crippen MR) is 108 cm³/mol. The number of hydrogen-bond acceptors (Lipinski definition) is 3. The zero-order chi connectivity index (χ0) is 17.9. The van der Waals surface area contributed by atoms with E-state index in [0.717, 1.165) is 31.7 Å². The first kappa shape index (κ1) is 16.5. The highest BCUT2D eigenvalue weighted by Gasteiger charge is 2.11. The number of rotatable bonds is 5. The van der Waals surface area contributed by atoms with Gasteiger partial charge in [-0.1, -0.05) is 54.6 Å². The minimum Gasteiger partial charge on any atom is -0.481 e. The van der Waals surface area contributed by atoms with E-state index >= 15 is 0 Å². The summed E-state index contributed by atoms with van der Waals surface area (Å²) in [5.74, 6) is -0.796. The Morgan fingerprint density at radius 2 is 1.73 bits per heavy atom. The summed E-state index contributed by atoms with van der Waals surface area (Å²) in [7, 11) is 0. The molecule has 4 aromatic rings. The minimum absolute atomic E-state index is 0.0898. The molecule has 3 aromatic carbocycles. The van der Waals surface area contributed by atoms with Gasteiger partial charge in [0.2, 0.25) is 0 Å². The van der Waals surface area contributed by atoms with Gasteiger partial charge in [0.1, 0.15) is 5.01 Å². The molecule has 4 rings (SSSR count). The summed E-state index contributed by atoms with van der Waals surface area (Å²) in [5.41, 5.74) is 3.00. The number of aliphatic carboxylic acids is 1. The van der Waals surface area contributed by atoms with Crippen LogP contribution in [0, 0.1) is 0 Å². The first-order chi connectivity index (χ1) is 12.7. The van der Waals surface area contributed by atoms with E-state index in [4.69, 9.17) is 10.1 Å². The standard InChI is InChI=1S/C22H17NO2S/c24-21(25)13-12-17(22-23-19-10-3-4-11-20(19)26-22)14-16-8-5-7-15-6-1-2-9-18(15)16/h1-11,14H,12-13H2,(H,24,25). The molecule has 3 nitrogen and oxygen atoms in total. The quantitative estimate of drug-likeness (QED) is 0.486. The molecule has 1 aromatic heterocycles. The fourth-order valence-electron chi connectivity index (χ4n) is 3.06. The number of carbonyl (C=O) groups is 1. The lowest BCUT2D eigenvalue weighted by atomic mass is 10.0. The molecular formula is C22H17NO2S. The zero-order valence-electron chi connectivity index (χ0n) is 14.1. The number of carboxylic acids is 1. The second-order valence-corrected chi connectivity index (χ2v) is 7.15. The van der Waals surface area contributed by atoms with Crippen LogP contribution in [0.25, 0.3) is 32.6 Å². The molecule has 0 atom stereocenters. The van der Waals surface area contributed by atoms with Crippen LogP contribution in [0.4, 0.5) is 0 Å². The van der Waals surface area contributed by atoms with Gasteiger partial charge in [-0.25, -0.2) is 4.98 Å². The van der Waals surface area contributed by atoms with E-state index in [1.165, 1.54) is 5.39 Å². The Hall–Kier alpha value is -2.98. The summed E-state index contributed by atoms with van der Waals surface area (Å²) in [6, 6.07) is 22.4. The second-order valence-electron chi connectivity index (χ2n) is 6.12. The Labute approximate surface area is 155 Å². The minimum atomic E-state index is -0.796. The van der Waals surface area contributed by atoms with Crippen molar-refractivity contribution in [2.24, 2.45) is 0 Å². The molecule has 0 aliphatic heterocycles. The normalized spacial score (nSPS) is 11.9. The molecule has 0 unspecified atom stereocenters. The van der Waals surface area contributed by atoms with Crippen molar-refractivity contribution in [1.29, 1.82) is 0 Å². The van der Waals surface area contributed by atoms with E-state index in [2.05, 4.69) is 30.3 Å². The fraction of sp³-hybridized carbons (Fsp3) is 0.0909. The van der Waals surface area contributed by atoms with Crippen LogP contribution in [0.1, 0.15) is 23.4 Å². The van der Waals surface area contributed by atoms with Crippen LogP contribution < -0.4 is 0 Å². The van der Waals surface area contributed by atoms with Crippen LogP contribution in [-0.4, -0.2) is 16.1 Å². The average Bonchev–Trinajstić information content (AvgIpc) is 3.09. The third kappa shape index (κ3) is 3.37.